The lowest BCUT2D eigenvalue weighted by Gasteiger charge is -2.29. The van der Waals surface area contributed by atoms with Gasteiger partial charge in [-0.2, -0.15) is 10.2 Å². The zero-order chi connectivity index (χ0) is 21.2. The van der Waals surface area contributed by atoms with Crippen LogP contribution >= 0.6 is 0 Å². The van der Waals surface area contributed by atoms with Crippen LogP contribution in [0.1, 0.15) is 0 Å². The minimum absolute atomic E-state index is 0.693. The molecule has 8 nitrogen and oxygen atoms in total. The highest BCUT2D eigenvalue weighted by Crippen LogP contribution is 2.28. The molecule has 0 unspecified atom stereocenters. The number of rotatable bonds is 4. The fourth-order valence-corrected chi connectivity index (χ4v) is 3.94. The molecule has 0 atom stereocenters. The number of benzene rings is 1. The predicted molar refractivity (Wildman–Crippen MR) is 121 cm³/mol. The van der Waals surface area contributed by atoms with Crippen LogP contribution in [0.15, 0.2) is 71.4 Å². The van der Waals surface area contributed by atoms with Gasteiger partial charge >= 0.3 is 0 Å². The van der Waals surface area contributed by atoms with E-state index >= 15 is 0 Å². The number of anilines is 1. The molecule has 0 N–H and O–H groups in total. The summed E-state index contributed by atoms with van der Waals surface area (Å²) in [5.74, 6) is 0. The van der Waals surface area contributed by atoms with Crippen LogP contribution in [0.4, 0.5) is 5.69 Å². The minimum Gasteiger partial charge on any atom is -0.378 e. The SMILES string of the molecule is C=N/N=c1/ccc(-c2cnn(C)c2)cn1-c1ccc2nccc(N3CCOCC3)c2c1. The van der Waals surface area contributed by atoms with Crippen LogP contribution in [0.25, 0.3) is 27.7 Å². The highest BCUT2D eigenvalue weighted by molar-refractivity contribution is 5.93. The summed E-state index contributed by atoms with van der Waals surface area (Å²) < 4.78 is 9.34. The molecule has 1 saturated heterocycles. The second-order valence-corrected chi connectivity index (χ2v) is 7.42. The number of morpholine rings is 1. The summed E-state index contributed by atoms with van der Waals surface area (Å²) in [4.78, 5) is 6.92. The fourth-order valence-electron chi connectivity index (χ4n) is 3.94. The van der Waals surface area contributed by atoms with E-state index in [0.717, 1.165) is 54.0 Å². The maximum absolute atomic E-state index is 5.53. The van der Waals surface area contributed by atoms with E-state index in [-0.39, 0.29) is 0 Å². The predicted octanol–water partition coefficient (Wildman–Crippen LogP) is 2.78. The first-order chi connectivity index (χ1) is 15.2. The van der Waals surface area contributed by atoms with Crippen LogP contribution in [-0.2, 0) is 11.8 Å². The standard InChI is InChI=1S/C23H23N7O/c1-24-27-23-6-3-17(18-14-26-28(2)15-18)16-30(23)19-4-5-21-20(13-19)22(7-8-25-21)29-9-11-31-12-10-29/h3-8,13-16H,1,9-12H2,2H3/b27-23-. The van der Waals surface area contributed by atoms with E-state index in [9.17, 15) is 0 Å². The third-order valence-corrected chi connectivity index (χ3v) is 5.47. The molecular weight excluding hydrogens is 390 g/mol. The molecular formula is C23H23N7O. The second kappa shape index (κ2) is 8.16. The van der Waals surface area contributed by atoms with Gasteiger partial charge < -0.3 is 9.64 Å². The van der Waals surface area contributed by atoms with E-state index in [1.807, 2.05) is 60.7 Å². The van der Waals surface area contributed by atoms with Crippen molar-refractivity contribution in [1.82, 2.24) is 19.3 Å². The van der Waals surface area contributed by atoms with E-state index in [1.165, 1.54) is 5.69 Å². The van der Waals surface area contributed by atoms with E-state index in [1.54, 1.807) is 4.68 Å². The molecule has 0 spiro atoms. The first-order valence-corrected chi connectivity index (χ1v) is 10.2. The quantitative estimate of drug-likeness (QED) is 0.381. The van der Waals surface area contributed by atoms with Crippen molar-refractivity contribution >= 4 is 23.3 Å². The van der Waals surface area contributed by atoms with Crippen LogP contribution < -0.4 is 10.4 Å². The number of hydrogen-bond acceptors (Lipinski definition) is 6. The minimum atomic E-state index is 0.693. The Morgan fingerprint density at radius 2 is 1.90 bits per heavy atom. The van der Waals surface area contributed by atoms with Crippen LogP contribution in [-0.4, -0.2) is 52.4 Å². The van der Waals surface area contributed by atoms with E-state index in [2.05, 4.69) is 44.0 Å². The first kappa shape index (κ1) is 19.2. The molecule has 1 aliphatic rings. The van der Waals surface area contributed by atoms with E-state index < -0.39 is 0 Å². The zero-order valence-electron chi connectivity index (χ0n) is 17.3. The highest BCUT2D eigenvalue weighted by Gasteiger charge is 2.15. The third-order valence-electron chi connectivity index (χ3n) is 5.47. The number of hydrogen-bond donors (Lipinski definition) is 0. The fraction of sp³-hybridized carbons (Fsp3) is 0.217. The molecule has 4 aromatic rings. The molecule has 0 radical (unpaired) electrons. The van der Waals surface area contributed by atoms with Gasteiger partial charge in [-0.25, -0.2) is 0 Å². The summed E-state index contributed by atoms with van der Waals surface area (Å²) in [6, 6.07) is 12.3. The lowest BCUT2D eigenvalue weighted by atomic mass is 10.1. The Bertz CT molecular complexity index is 1320. The maximum atomic E-state index is 5.53. The van der Waals surface area contributed by atoms with Gasteiger partial charge in [0.25, 0.3) is 0 Å². The maximum Gasteiger partial charge on any atom is 0.159 e. The molecule has 5 rings (SSSR count). The van der Waals surface area contributed by atoms with Gasteiger partial charge in [-0.15, -0.1) is 5.10 Å². The number of pyridine rings is 2. The van der Waals surface area contributed by atoms with Crippen molar-refractivity contribution in [3.05, 3.63) is 66.7 Å². The molecule has 4 heterocycles. The topological polar surface area (TPSA) is 72.8 Å². The molecule has 1 aromatic carbocycles. The van der Waals surface area contributed by atoms with Crippen molar-refractivity contribution in [2.45, 2.75) is 0 Å². The largest absolute Gasteiger partial charge is 0.378 e. The Kier molecular flexibility index (Phi) is 5.05. The zero-order valence-corrected chi connectivity index (χ0v) is 17.3. The third kappa shape index (κ3) is 3.73. The molecule has 1 fully saturated rings. The average molecular weight is 413 g/mol. The Balaban J connectivity index is 1.67. The molecule has 0 saturated carbocycles. The number of nitrogens with zero attached hydrogens (tertiary/aromatic N) is 7. The highest BCUT2D eigenvalue weighted by atomic mass is 16.5. The summed E-state index contributed by atoms with van der Waals surface area (Å²) in [7, 11) is 1.91. The van der Waals surface area contributed by atoms with Crippen LogP contribution in [0.3, 0.4) is 0 Å². The monoisotopic (exact) mass is 413 g/mol. The number of fused-ring (bicyclic) bond motifs is 1. The summed E-state index contributed by atoms with van der Waals surface area (Å²) >= 11 is 0. The summed E-state index contributed by atoms with van der Waals surface area (Å²) in [5.41, 5.74) is 5.86. The van der Waals surface area contributed by atoms with Crippen LogP contribution in [0.5, 0.6) is 0 Å². The first-order valence-electron chi connectivity index (χ1n) is 10.2. The van der Waals surface area contributed by atoms with Gasteiger partial charge in [0.15, 0.2) is 5.49 Å². The van der Waals surface area contributed by atoms with Crippen molar-refractivity contribution in [2.75, 3.05) is 31.2 Å². The van der Waals surface area contributed by atoms with Gasteiger partial charge in [0.2, 0.25) is 0 Å². The Morgan fingerprint density at radius 1 is 1.03 bits per heavy atom. The molecule has 1 aliphatic heterocycles. The number of aryl methyl sites for hydroxylation is 1. The number of ether oxygens (including phenoxy) is 1. The van der Waals surface area contributed by atoms with Crippen molar-refractivity contribution in [3.63, 3.8) is 0 Å². The van der Waals surface area contributed by atoms with E-state index in [4.69, 9.17) is 4.74 Å². The summed E-state index contributed by atoms with van der Waals surface area (Å²) in [6.45, 7) is 6.74. The van der Waals surface area contributed by atoms with Gasteiger partial charge in [-0.1, -0.05) is 0 Å². The summed E-state index contributed by atoms with van der Waals surface area (Å²) in [5, 5.41) is 13.4. The van der Waals surface area contributed by atoms with Crippen LogP contribution in [0.2, 0.25) is 0 Å². The molecule has 3 aromatic heterocycles. The van der Waals surface area contributed by atoms with Crippen LogP contribution in [0, 0.1) is 0 Å². The number of aromatic nitrogens is 4. The smallest absolute Gasteiger partial charge is 0.159 e. The van der Waals surface area contributed by atoms with Crippen molar-refractivity contribution in [2.24, 2.45) is 17.3 Å². The normalized spacial score (nSPS) is 14.9. The molecule has 8 heteroatoms. The Morgan fingerprint density at radius 3 is 2.68 bits per heavy atom. The summed E-state index contributed by atoms with van der Waals surface area (Å²) in [6.07, 6.45) is 7.75. The molecule has 0 aliphatic carbocycles. The Labute approximate surface area is 179 Å². The van der Waals surface area contributed by atoms with Gasteiger partial charge in [0.1, 0.15) is 0 Å². The molecule has 0 amide bonds. The van der Waals surface area contributed by atoms with Gasteiger partial charge in [0, 0.05) is 73.3 Å². The van der Waals surface area contributed by atoms with Crippen molar-refractivity contribution < 1.29 is 4.74 Å². The molecule has 0 bridgehead atoms. The van der Waals surface area contributed by atoms with Crippen molar-refractivity contribution in [1.29, 1.82) is 0 Å². The van der Waals surface area contributed by atoms with Crippen molar-refractivity contribution in [3.8, 4) is 16.8 Å². The van der Waals surface area contributed by atoms with Gasteiger partial charge in [-0.3, -0.25) is 14.2 Å². The molecule has 31 heavy (non-hydrogen) atoms. The average Bonchev–Trinajstić information content (AvgIpc) is 3.25. The van der Waals surface area contributed by atoms with E-state index in [0.29, 0.717) is 5.49 Å². The van der Waals surface area contributed by atoms with Gasteiger partial charge in [-0.05, 0) is 36.4 Å². The second-order valence-electron chi connectivity index (χ2n) is 7.42. The molecule has 156 valence electrons. The Hall–Kier alpha value is -3.78. The lowest BCUT2D eigenvalue weighted by Crippen LogP contribution is -2.36. The lowest BCUT2D eigenvalue weighted by molar-refractivity contribution is 0.123. The van der Waals surface area contributed by atoms with Gasteiger partial charge in [0.05, 0.1) is 24.9 Å².